The van der Waals surface area contributed by atoms with Gasteiger partial charge in [0.25, 0.3) is 11.8 Å². The van der Waals surface area contributed by atoms with Gasteiger partial charge in [0.05, 0.1) is 0 Å². The molecule has 5 nitrogen and oxygen atoms in total. The maximum atomic E-state index is 13.0. The molecule has 154 valence electrons. The number of rotatable bonds is 7. The van der Waals surface area contributed by atoms with E-state index in [0.29, 0.717) is 22.7 Å². The zero-order chi connectivity index (χ0) is 21.5. The lowest BCUT2D eigenvalue weighted by Gasteiger charge is -2.15. The molecule has 2 amide bonds. The number of aryl methyl sites for hydroxylation is 1. The third-order valence-electron chi connectivity index (χ3n) is 4.53. The molecule has 0 aromatic heterocycles. The van der Waals surface area contributed by atoms with Crippen LogP contribution in [-0.2, 0) is 11.2 Å². The van der Waals surface area contributed by atoms with E-state index in [1.165, 1.54) is 29.8 Å². The predicted octanol–water partition coefficient (Wildman–Crippen LogP) is 5.05. The summed E-state index contributed by atoms with van der Waals surface area (Å²) in [7, 11) is 0. The third kappa shape index (κ3) is 5.67. The van der Waals surface area contributed by atoms with Crippen molar-refractivity contribution in [3.8, 4) is 5.75 Å². The Morgan fingerprint density at radius 2 is 1.43 bits per heavy atom. The fraction of sp³-hybridized carbons (Fsp3) is 0.167. The average Bonchev–Trinajstić information content (AvgIpc) is 2.76. The van der Waals surface area contributed by atoms with Crippen LogP contribution in [0.2, 0.25) is 0 Å². The summed E-state index contributed by atoms with van der Waals surface area (Å²) in [4.78, 5) is 24.6. The number of ether oxygens (including phenoxy) is 1. The van der Waals surface area contributed by atoms with Crippen molar-refractivity contribution in [2.24, 2.45) is 0 Å². The van der Waals surface area contributed by atoms with Gasteiger partial charge in [-0.1, -0.05) is 19.1 Å². The lowest BCUT2D eigenvalue weighted by molar-refractivity contribution is -0.122. The van der Waals surface area contributed by atoms with Crippen molar-refractivity contribution in [3.05, 3.63) is 89.7 Å². The van der Waals surface area contributed by atoms with Crippen LogP contribution < -0.4 is 15.4 Å². The summed E-state index contributed by atoms with van der Waals surface area (Å²) in [5, 5.41) is 5.51. The number of hydrogen-bond acceptors (Lipinski definition) is 3. The van der Waals surface area contributed by atoms with Crippen molar-refractivity contribution >= 4 is 23.2 Å². The van der Waals surface area contributed by atoms with Crippen molar-refractivity contribution < 1.29 is 18.7 Å². The number of halogens is 1. The minimum atomic E-state index is -0.713. The highest BCUT2D eigenvalue weighted by Crippen LogP contribution is 2.17. The van der Waals surface area contributed by atoms with E-state index in [1.807, 2.05) is 24.3 Å². The summed E-state index contributed by atoms with van der Waals surface area (Å²) < 4.78 is 18.6. The van der Waals surface area contributed by atoms with E-state index >= 15 is 0 Å². The molecule has 0 saturated heterocycles. The van der Waals surface area contributed by atoms with E-state index in [9.17, 15) is 14.0 Å². The molecule has 1 atom stereocenters. The number of anilines is 2. The molecule has 0 saturated carbocycles. The minimum Gasteiger partial charge on any atom is -0.481 e. The Balaban J connectivity index is 1.55. The molecular weight excluding hydrogens is 383 g/mol. The van der Waals surface area contributed by atoms with Crippen LogP contribution >= 0.6 is 0 Å². The first-order valence-electron chi connectivity index (χ1n) is 9.68. The first kappa shape index (κ1) is 21.0. The first-order chi connectivity index (χ1) is 14.4. The highest BCUT2D eigenvalue weighted by molar-refractivity contribution is 6.04. The molecule has 0 bridgehead atoms. The lowest BCUT2D eigenvalue weighted by atomic mass is 10.1. The van der Waals surface area contributed by atoms with Crippen LogP contribution in [0.5, 0.6) is 5.75 Å². The Morgan fingerprint density at radius 3 is 2.03 bits per heavy atom. The number of nitrogens with one attached hydrogen (secondary N) is 2. The molecule has 0 fully saturated rings. The number of benzene rings is 3. The van der Waals surface area contributed by atoms with Gasteiger partial charge in [0.15, 0.2) is 6.10 Å². The molecular formula is C24H23FN2O3. The predicted molar refractivity (Wildman–Crippen MR) is 115 cm³/mol. The summed E-state index contributed by atoms with van der Waals surface area (Å²) in [6.07, 6.45) is 0.223. The van der Waals surface area contributed by atoms with Gasteiger partial charge in [0.1, 0.15) is 11.6 Å². The highest BCUT2D eigenvalue weighted by atomic mass is 19.1. The Morgan fingerprint density at radius 1 is 0.867 bits per heavy atom. The van der Waals surface area contributed by atoms with Crippen LogP contribution in [0.3, 0.4) is 0 Å². The number of carbonyl (C=O) groups excluding carboxylic acids is 2. The topological polar surface area (TPSA) is 67.4 Å². The lowest BCUT2D eigenvalue weighted by Crippen LogP contribution is -2.30. The van der Waals surface area contributed by atoms with Crippen molar-refractivity contribution in [1.82, 2.24) is 0 Å². The van der Waals surface area contributed by atoms with Crippen molar-refractivity contribution in [1.29, 1.82) is 0 Å². The SMILES string of the molecule is CCc1ccc(NC(=O)[C@@H](C)Oc2ccc(C(=O)Nc3ccc(F)cc3)cc2)cc1. The number of hydrogen-bond donors (Lipinski definition) is 2. The van der Waals surface area contributed by atoms with Gasteiger partial charge in [-0.2, -0.15) is 0 Å². The van der Waals surface area contributed by atoms with Gasteiger partial charge in [-0.05, 0) is 79.6 Å². The van der Waals surface area contributed by atoms with E-state index in [2.05, 4.69) is 17.6 Å². The van der Waals surface area contributed by atoms with E-state index in [0.717, 1.165) is 6.42 Å². The molecule has 0 unspecified atom stereocenters. The number of carbonyl (C=O) groups is 2. The Hall–Kier alpha value is -3.67. The maximum absolute atomic E-state index is 13.0. The normalized spacial score (nSPS) is 11.4. The van der Waals surface area contributed by atoms with Gasteiger partial charge >= 0.3 is 0 Å². The van der Waals surface area contributed by atoms with Gasteiger partial charge in [-0.3, -0.25) is 9.59 Å². The van der Waals surface area contributed by atoms with Gasteiger partial charge in [-0.15, -0.1) is 0 Å². The van der Waals surface area contributed by atoms with Gasteiger partial charge in [-0.25, -0.2) is 4.39 Å². The van der Waals surface area contributed by atoms with Crippen LogP contribution in [0.25, 0.3) is 0 Å². The van der Waals surface area contributed by atoms with Crippen molar-refractivity contribution in [2.45, 2.75) is 26.4 Å². The Kier molecular flexibility index (Phi) is 6.80. The Labute approximate surface area is 174 Å². The maximum Gasteiger partial charge on any atom is 0.265 e. The fourth-order valence-electron chi connectivity index (χ4n) is 2.75. The molecule has 0 heterocycles. The van der Waals surface area contributed by atoms with E-state index in [1.54, 1.807) is 31.2 Å². The number of amides is 2. The van der Waals surface area contributed by atoms with Crippen LogP contribution in [0.4, 0.5) is 15.8 Å². The van der Waals surface area contributed by atoms with Crippen LogP contribution in [0.1, 0.15) is 29.8 Å². The molecule has 0 aliphatic heterocycles. The summed E-state index contributed by atoms with van der Waals surface area (Å²) in [5.41, 5.74) is 2.82. The van der Waals surface area contributed by atoms with Crippen LogP contribution in [-0.4, -0.2) is 17.9 Å². The second kappa shape index (κ2) is 9.69. The molecule has 0 aliphatic rings. The van der Waals surface area contributed by atoms with E-state index < -0.39 is 6.10 Å². The standard InChI is InChI=1S/C24H23FN2O3/c1-3-17-4-10-20(11-5-17)26-23(28)16(2)30-22-14-6-18(7-15-22)24(29)27-21-12-8-19(25)9-13-21/h4-16H,3H2,1-2H3,(H,26,28)(H,27,29)/t16-/m1/s1. The molecule has 2 N–H and O–H groups in total. The monoisotopic (exact) mass is 406 g/mol. The summed E-state index contributed by atoms with van der Waals surface area (Å²) in [6, 6.07) is 19.6. The van der Waals surface area contributed by atoms with Gasteiger partial charge in [0.2, 0.25) is 0 Å². The molecule has 0 radical (unpaired) electrons. The largest absolute Gasteiger partial charge is 0.481 e. The quantitative estimate of drug-likeness (QED) is 0.577. The molecule has 0 spiro atoms. The summed E-state index contributed by atoms with van der Waals surface area (Å²) in [6.45, 7) is 3.73. The minimum absolute atomic E-state index is 0.266. The van der Waals surface area contributed by atoms with Crippen molar-refractivity contribution in [3.63, 3.8) is 0 Å². The first-order valence-corrected chi connectivity index (χ1v) is 9.68. The van der Waals surface area contributed by atoms with E-state index in [4.69, 9.17) is 4.74 Å². The molecule has 3 aromatic carbocycles. The van der Waals surface area contributed by atoms with Gasteiger partial charge in [0, 0.05) is 16.9 Å². The van der Waals surface area contributed by atoms with Gasteiger partial charge < -0.3 is 15.4 Å². The zero-order valence-electron chi connectivity index (χ0n) is 16.8. The fourth-order valence-corrected chi connectivity index (χ4v) is 2.75. The Bertz CT molecular complexity index is 1000. The molecule has 30 heavy (non-hydrogen) atoms. The smallest absolute Gasteiger partial charge is 0.265 e. The molecule has 3 aromatic rings. The van der Waals surface area contributed by atoms with E-state index in [-0.39, 0.29) is 17.6 Å². The third-order valence-corrected chi connectivity index (χ3v) is 4.53. The molecule has 3 rings (SSSR count). The highest BCUT2D eigenvalue weighted by Gasteiger charge is 2.15. The zero-order valence-corrected chi connectivity index (χ0v) is 16.8. The molecule has 0 aliphatic carbocycles. The second-order valence-electron chi connectivity index (χ2n) is 6.79. The molecule has 6 heteroatoms. The van der Waals surface area contributed by atoms with Crippen molar-refractivity contribution in [2.75, 3.05) is 10.6 Å². The van der Waals surface area contributed by atoms with Crippen LogP contribution in [0.15, 0.2) is 72.8 Å². The second-order valence-corrected chi connectivity index (χ2v) is 6.79. The average molecular weight is 406 g/mol. The summed E-state index contributed by atoms with van der Waals surface area (Å²) in [5.74, 6) is -0.491. The van der Waals surface area contributed by atoms with Crippen LogP contribution in [0, 0.1) is 5.82 Å². The summed E-state index contributed by atoms with van der Waals surface area (Å²) >= 11 is 0.